The first-order valence-corrected chi connectivity index (χ1v) is 10.8. The van der Waals surface area contributed by atoms with Crippen LogP contribution in [-0.4, -0.2) is 58.1 Å². The Bertz CT molecular complexity index is 826. The second kappa shape index (κ2) is 10.1. The van der Waals surface area contributed by atoms with Crippen molar-refractivity contribution in [3.63, 3.8) is 0 Å². The largest absolute Gasteiger partial charge is 0.490 e. The third-order valence-electron chi connectivity index (χ3n) is 6.56. The lowest BCUT2D eigenvalue weighted by molar-refractivity contribution is -0.192. The van der Waals surface area contributed by atoms with Crippen molar-refractivity contribution in [2.45, 2.75) is 69.8 Å². The highest BCUT2D eigenvalue weighted by Crippen LogP contribution is 2.36. The quantitative estimate of drug-likeness (QED) is 0.676. The Morgan fingerprint density at radius 2 is 1.72 bits per heavy atom. The van der Waals surface area contributed by atoms with Crippen LogP contribution < -0.4 is 0 Å². The van der Waals surface area contributed by atoms with Gasteiger partial charge in [0.1, 0.15) is 0 Å². The number of alkyl halides is 3. The number of rotatable bonds is 4. The maximum absolute atomic E-state index is 14.0. The molecule has 178 valence electrons. The van der Waals surface area contributed by atoms with E-state index < -0.39 is 23.8 Å². The second-order valence-electron chi connectivity index (χ2n) is 8.66. The number of benzene rings is 1. The number of aliphatic carboxylic acids is 1. The maximum atomic E-state index is 14.0. The van der Waals surface area contributed by atoms with E-state index in [0.29, 0.717) is 6.42 Å². The number of hydrogen-bond acceptors (Lipinski definition) is 3. The Hall–Kier alpha value is -2.23. The maximum Gasteiger partial charge on any atom is 0.490 e. The van der Waals surface area contributed by atoms with E-state index >= 15 is 0 Å². The molecule has 4 rings (SSSR count). The summed E-state index contributed by atoms with van der Waals surface area (Å²) in [7, 11) is 0. The van der Waals surface area contributed by atoms with Crippen molar-refractivity contribution in [3.8, 4) is 0 Å². The van der Waals surface area contributed by atoms with Gasteiger partial charge < -0.3 is 10.0 Å². The van der Waals surface area contributed by atoms with Crippen molar-refractivity contribution in [3.05, 3.63) is 35.4 Å². The van der Waals surface area contributed by atoms with Crippen LogP contribution in [0, 0.1) is 17.6 Å². The van der Waals surface area contributed by atoms with Gasteiger partial charge in [-0.25, -0.2) is 13.6 Å². The molecule has 10 heteroatoms. The van der Waals surface area contributed by atoms with Gasteiger partial charge in [0, 0.05) is 43.7 Å². The SMILES string of the molecule is O=C(O)C(F)(F)F.O=C1C[C@H]2[C@H](CCN2CC2CCCCC2)N1Cc1cccc(F)c1F. The Kier molecular flexibility index (Phi) is 7.74. The monoisotopic (exact) mass is 462 g/mol. The van der Waals surface area contributed by atoms with Gasteiger partial charge in [0.15, 0.2) is 11.6 Å². The third kappa shape index (κ3) is 5.76. The minimum Gasteiger partial charge on any atom is -0.475 e. The van der Waals surface area contributed by atoms with Crippen LogP contribution in [0.3, 0.4) is 0 Å². The van der Waals surface area contributed by atoms with Crippen molar-refractivity contribution < 1.29 is 36.6 Å². The fourth-order valence-electron chi connectivity index (χ4n) is 5.00. The van der Waals surface area contributed by atoms with Gasteiger partial charge in [0.2, 0.25) is 5.91 Å². The molecule has 1 saturated carbocycles. The van der Waals surface area contributed by atoms with E-state index in [4.69, 9.17) is 9.90 Å². The van der Waals surface area contributed by atoms with E-state index in [1.54, 1.807) is 11.0 Å². The lowest BCUT2D eigenvalue weighted by Crippen LogP contribution is -2.39. The van der Waals surface area contributed by atoms with Crippen LogP contribution in [0.4, 0.5) is 22.0 Å². The van der Waals surface area contributed by atoms with Gasteiger partial charge >= 0.3 is 12.1 Å². The summed E-state index contributed by atoms with van der Waals surface area (Å²) in [4.78, 5) is 25.7. The molecular formula is C22H27F5N2O3. The van der Waals surface area contributed by atoms with Gasteiger partial charge in [-0.2, -0.15) is 13.2 Å². The molecule has 1 aromatic rings. The van der Waals surface area contributed by atoms with Crippen LogP contribution in [0.5, 0.6) is 0 Å². The van der Waals surface area contributed by atoms with Gasteiger partial charge in [-0.3, -0.25) is 9.69 Å². The minimum atomic E-state index is -5.08. The van der Waals surface area contributed by atoms with E-state index in [2.05, 4.69) is 4.90 Å². The molecule has 0 aromatic heterocycles. The number of hydrogen-bond donors (Lipinski definition) is 1. The van der Waals surface area contributed by atoms with Crippen LogP contribution in [0.15, 0.2) is 18.2 Å². The zero-order valence-corrected chi connectivity index (χ0v) is 17.6. The Labute approximate surface area is 183 Å². The fourth-order valence-corrected chi connectivity index (χ4v) is 5.00. The number of carbonyl (C=O) groups excluding carboxylic acids is 1. The highest BCUT2D eigenvalue weighted by atomic mass is 19.4. The predicted octanol–water partition coefficient (Wildman–Crippen LogP) is 4.35. The summed E-state index contributed by atoms with van der Waals surface area (Å²) in [5.41, 5.74) is 0.278. The summed E-state index contributed by atoms with van der Waals surface area (Å²) in [5.74, 6) is -3.58. The topological polar surface area (TPSA) is 60.9 Å². The molecule has 32 heavy (non-hydrogen) atoms. The molecule has 2 saturated heterocycles. The standard InChI is InChI=1S/C20H26F2N2O.C2HF3O2/c21-16-8-4-7-15(20(16)22)13-24-17-9-10-23(18(17)11-19(24)25)12-14-5-2-1-3-6-14;3-2(4,5)1(6)7/h4,7-8,14,17-18H,1-3,5-6,9-13H2;(H,6,7)/t17-,18-;/m0./s1. The lowest BCUT2D eigenvalue weighted by Gasteiger charge is -2.30. The molecule has 2 heterocycles. The zero-order valence-electron chi connectivity index (χ0n) is 17.6. The average molecular weight is 462 g/mol. The van der Waals surface area contributed by atoms with Gasteiger partial charge in [0.25, 0.3) is 0 Å². The number of nitrogens with zero attached hydrogens (tertiary/aromatic N) is 2. The molecule has 3 fully saturated rings. The van der Waals surface area contributed by atoms with Crippen LogP contribution in [0.2, 0.25) is 0 Å². The first-order chi connectivity index (χ1) is 15.1. The molecule has 5 nitrogen and oxygen atoms in total. The molecule has 1 aliphatic carbocycles. The van der Waals surface area contributed by atoms with E-state index in [9.17, 15) is 26.7 Å². The highest BCUT2D eigenvalue weighted by molar-refractivity contribution is 5.80. The van der Waals surface area contributed by atoms with Crippen LogP contribution >= 0.6 is 0 Å². The van der Waals surface area contributed by atoms with E-state index in [-0.39, 0.29) is 30.1 Å². The number of carboxylic acids is 1. The fraction of sp³-hybridized carbons (Fsp3) is 0.636. The van der Waals surface area contributed by atoms with E-state index in [1.807, 2.05) is 0 Å². The van der Waals surface area contributed by atoms with Crippen LogP contribution in [-0.2, 0) is 16.1 Å². The van der Waals surface area contributed by atoms with E-state index in [0.717, 1.165) is 31.5 Å². The molecule has 2 atom stereocenters. The average Bonchev–Trinajstić information content (AvgIpc) is 3.25. The van der Waals surface area contributed by atoms with Gasteiger partial charge in [0.05, 0.1) is 0 Å². The van der Waals surface area contributed by atoms with Crippen molar-refractivity contribution in [2.75, 3.05) is 13.1 Å². The highest BCUT2D eigenvalue weighted by Gasteiger charge is 2.47. The molecule has 0 radical (unpaired) electrons. The molecule has 1 amide bonds. The summed E-state index contributed by atoms with van der Waals surface area (Å²) in [6.45, 7) is 2.29. The van der Waals surface area contributed by atoms with Crippen molar-refractivity contribution in [1.82, 2.24) is 9.80 Å². The van der Waals surface area contributed by atoms with Crippen molar-refractivity contribution in [1.29, 1.82) is 0 Å². The molecule has 1 N–H and O–H groups in total. The molecule has 3 aliphatic rings. The summed E-state index contributed by atoms with van der Waals surface area (Å²) >= 11 is 0. The first-order valence-electron chi connectivity index (χ1n) is 10.8. The van der Waals surface area contributed by atoms with Gasteiger partial charge in [-0.1, -0.05) is 31.4 Å². The Morgan fingerprint density at radius 1 is 1.06 bits per heavy atom. The van der Waals surface area contributed by atoms with E-state index in [1.165, 1.54) is 38.2 Å². The van der Waals surface area contributed by atoms with Crippen molar-refractivity contribution >= 4 is 11.9 Å². The number of likely N-dealkylation sites (tertiary alicyclic amines) is 2. The van der Waals surface area contributed by atoms with Crippen LogP contribution in [0.1, 0.15) is 50.5 Å². The molecule has 1 aromatic carbocycles. The molecular weight excluding hydrogens is 435 g/mol. The Morgan fingerprint density at radius 3 is 2.34 bits per heavy atom. The summed E-state index contributed by atoms with van der Waals surface area (Å²) in [6.07, 6.45) is 3.01. The number of amides is 1. The molecule has 0 spiro atoms. The Balaban J connectivity index is 0.000000360. The molecule has 0 bridgehead atoms. The summed E-state index contributed by atoms with van der Waals surface area (Å²) in [6, 6.07) is 4.61. The third-order valence-corrected chi connectivity index (χ3v) is 6.56. The summed E-state index contributed by atoms with van der Waals surface area (Å²) in [5, 5.41) is 7.12. The number of carbonyl (C=O) groups is 2. The van der Waals surface area contributed by atoms with Crippen molar-refractivity contribution in [2.24, 2.45) is 5.92 Å². The first kappa shape index (κ1) is 24.4. The molecule has 2 aliphatic heterocycles. The normalized spacial score (nSPS) is 24.3. The van der Waals surface area contributed by atoms with Gasteiger partial charge in [-0.05, 0) is 31.2 Å². The number of halogens is 5. The zero-order chi connectivity index (χ0) is 23.5. The smallest absolute Gasteiger partial charge is 0.475 e. The second-order valence-corrected chi connectivity index (χ2v) is 8.66. The molecule has 0 unspecified atom stereocenters. The van der Waals surface area contributed by atoms with Gasteiger partial charge in [-0.15, -0.1) is 0 Å². The van der Waals surface area contributed by atoms with Crippen LogP contribution in [0.25, 0.3) is 0 Å². The lowest BCUT2D eigenvalue weighted by atomic mass is 9.89. The number of fused-ring (bicyclic) bond motifs is 1. The minimum absolute atomic E-state index is 0.0759. The predicted molar refractivity (Wildman–Crippen MR) is 106 cm³/mol. The summed E-state index contributed by atoms with van der Waals surface area (Å²) < 4.78 is 59.2. The number of carboxylic acid groups (broad SMARTS) is 1.